The number of nitrogens with one attached hydrogen (secondary N) is 1. The van der Waals surface area contributed by atoms with Gasteiger partial charge in [0.25, 0.3) is 17.4 Å². The van der Waals surface area contributed by atoms with Gasteiger partial charge < -0.3 is 24.8 Å². The van der Waals surface area contributed by atoms with Gasteiger partial charge in [-0.15, -0.1) is 0 Å². The largest absolute Gasteiger partial charge is 0.484 e. The number of benzene rings is 1. The van der Waals surface area contributed by atoms with E-state index in [0.717, 1.165) is 0 Å². The fourth-order valence-electron chi connectivity index (χ4n) is 2.47. The van der Waals surface area contributed by atoms with Crippen LogP contribution in [0.3, 0.4) is 0 Å². The standard InChI is InChI=1S/C17H16N4O5/c1-9-13(14-16(26-9)19-8-21(2)17(14)24)15(23)20-10-4-3-5-11(6-10)25-7-12(18)22/h3-6,8H,7H2,1-2H3,(H2,18,22)(H,20,23). The SMILES string of the molecule is Cc1oc2ncn(C)c(=O)c2c1C(=O)Nc1cccc(OCC(N)=O)c1. The van der Waals surface area contributed by atoms with Crippen molar-refractivity contribution in [3.8, 4) is 5.75 Å². The van der Waals surface area contributed by atoms with E-state index in [0.29, 0.717) is 11.4 Å². The quantitative estimate of drug-likeness (QED) is 0.700. The molecule has 0 aliphatic carbocycles. The number of carbonyl (C=O) groups is 2. The van der Waals surface area contributed by atoms with Gasteiger partial charge >= 0.3 is 0 Å². The fraction of sp³-hybridized carbons (Fsp3) is 0.176. The van der Waals surface area contributed by atoms with E-state index >= 15 is 0 Å². The van der Waals surface area contributed by atoms with E-state index in [4.69, 9.17) is 14.9 Å². The van der Waals surface area contributed by atoms with Crippen LogP contribution in [-0.4, -0.2) is 28.0 Å². The number of fused-ring (bicyclic) bond motifs is 1. The molecule has 0 spiro atoms. The van der Waals surface area contributed by atoms with Gasteiger partial charge in [-0.3, -0.25) is 14.4 Å². The Kier molecular flexibility index (Phi) is 4.44. The van der Waals surface area contributed by atoms with Crippen LogP contribution in [0.15, 0.2) is 39.8 Å². The third-order valence-corrected chi connectivity index (χ3v) is 3.65. The van der Waals surface area contributed by atoms with Crippen molar-refractivity contribution in [3.05, 3.63) is 52.3 Å². The number of aromatic nitrogens is 2. The highest BCUT2D eigenvalue weighted by Crippen LogP contribution is 2.23. The molecular formula is C17H16N4O5. The molecule has 3 rings (SSSR count). The fourth-order valence-corrected chi connectivity index (χ4v) is 2.47. The van der Waals surface area contributed by atoms with Crippen molar-refractivity contribution in [2.75, 3.05) is 11.9 Å². The van der Waals surface area contributed by atoms with Gasteiger partial charge in [-0.05, 0) is 19.1 Å². The van der Waals surface area contributed by atoms with Crippen molar-refractivity contribution >= 4 is 28.6 Å². The average molecular weight is 356 g/mol. The van der Waals surface area contributed by atoms with Gasteiger partial charge in [0, 0.05) is 18.8 Å². The van der Waals surface area contributed by atoms with E-state index in [-0.39, 0.29) is 34.6 Å². The summed E-state index contributed by atoms with van der Waals surface area (Å²) >= 11 is 0. The van der Waals surface area contributed by atoms with Crippen LogP contribution in [-0.2, 0) is 11.8 Å². The zero-order chi connectivity index (χ0) is 18.8. The molecule has 2 aromatic heterocycles. The van der Waals surface area contributed by atoms with Gasteiger partial charge in [0.1, 0.15) is 23.2 Å². The number of amides is 2. The maximum Gasteiger partial charge on any atom is 0.265 e. The van der Waals surface area contributed by atoms with Crippen molar-refractivity contribution in [1.82, 2.24) is 9.55 Å². The van der Waals surface area contributed by atoms with Crippen molar-refractivity contribution in [1.29, 1.82) is 0 Å². The molecule has 0 fully saturated rings. The van der Waals surface area contributed by atoms with Crippen molar-refractivity contribution in [2.24, 2.45) is 12.8 Å². The van der Waals surface area contributed by atoms with E-state index in [1.807, 2.05) is 0 Å². The second kappa shape index (κ2) is 6.71. The lowest BCUT2D eigenvalue weighted by Crippen LogP contribution is -2.21. The highest BCUT2D eigenvalue weighted by molar-refractivity contribution is 6.12. The first kappa shape index (κ1) is 17.2. The maximum atomic E-state index is 12.7. The van der Waals surface area contributed by atoms with Crippen molar-refractivity contribution in [2.45, 2.75) is 6.92 Å². The maximum absolute atomic E-state index is 12.7. The van der Waals surface area contributed by atoms with Crippen LogP contribution < -0.4 is 21.3 Å². The van der Waals surface area contributed by atoms with Crippen LogP contribution in [0.5, 0.6) is 5.75 Å². The predicted octanol–water partition coefficient (Wildman–Crippen LogP) is 0.951. The molecule has 0 unspecified atom stereocenters. The smallest absolute Gasteiger partial charge is 0.265 e. The number of nitrogens with zero attached hydrogens (tertiary/aromatic N) is 2. The molecule has 3 aromatic rings. The zero-order valence-electron chi connectivity index (χ0n) is 14.1. The minimum Gasteiger partial charge on any atom is -0.484 e. The Morgan fingerprint density at radius 1 is 1.38 bits per heavy atom. The van der Waals surface area contributed by atoms with Crippen molar-refractivity contribution < 1.29 is 18.7 Å². The normalized spacial score (nSPS) is 10.7. The molecule has 0 saturated heterocycles. The van der Waals surface area contributed by atoms with Crippen LogP contribution in [0.25, 0.3) is 11.1 Å². The van der Waals surface area contributed by atoms with Crippen LogP contribution in [0, 0.1) is 6.92 Å². The summed E-state index contributed by atoms with van der Waals surface area (Å²) in [6.07, 6.45) is 1.33. The number of hydrogen-bond acceptors (Lipinski definition) is 6. The molecule has 9 nitrogen and oxygen atoms in total. The molecule has 134 valence electrons. The van der Waals surface area contributed by atoms with Gasteiger partial charge in [-0.1, -0.05) is 6.07 Å². The van der Waals surface area contributed by atoms with Gasteiger partial charge in [-0.25, -0.2) is 4.98 Å². The second-order valence-corrected chi connectivity index (χ2v) is 5.61. The number of rotatable bonds is 5. The first-order valence-electron chi connectivity index (χ1n) is 7.64. The Labute approximate surface area is 147 Å². The van der Waals surface area contributed by atoms with Gasteiger partial charge in [0.05, 0.1) is 5.56 Å². The van der Waals surface area contributed by atoms with Crippen molar-refractivity contribution in [3.63, 3.8) is 0 Å². The highest BCUT2D eigenvalue weighted by atomic mass is 16.5. The number of aryl methyl sites for hydroxylation is 2. The number of primary amides is 1. The topological polar surface area (TPSA) is 129 Å². The summed E-state index contributed by atoms with van der Waals surface area (Å²) in [5.41, 5.74) is 5.31. The summed E-state index contributed by atoms with van der Waals surface area (Å²) in [5, 5.41) is 2.80. The Balaban J connectivity index is 1.92. The number of hydrogen-bond donors (Lipinski definition) is 2. The Morgan fingerprint density at radius 3 is 2.88 bits per heavy atom. The number of ether oxygens (including phenoxy) is 1. The molecule has 0 aliphatic rings. The van der Waals surface area contributed by atoms with E-state index in [9.17, 15) is 14.4 Å². The van der Waals surface area contributed by atoms with Crippen LogP contribution in [0.2, 0.25) is 0 Å². The molecule has 26 heavy (non-hydrogen) atoms. The lowest BCUT2D eigenvalue weighted by molar-refractivity contribution is -0.119. The molecule has 0 atom stereocenters. The number of anilines is 1. The number of furan rings is 1. The van der Waals surface area contributed by atoms with E-state index < -0.39 is 11.8 Å². The molecule has 0 bridgehead atoms. The molecule has 3 N–H and O–H groups in total. The van der Waals surface area contributed by atoms with E-state index in [2.05, 4.69) is 10.3 Å². The Bertz CT molecular complexity index is 1070. The first-order chi connectivity index (χ1) is 12.4. The molecule has 0 aliphatic heterocycles. The molecule has 2 heterocycles. The Hall–Kier alpha value is -3.62. The third kappa shape index (κ3) is 3.27. The first-order valence-corrected chi connectivity index (χ1v) is 7.64. The van der Waals surface area contributed by atoms with Gasteiger partial charge in [-0.2, -0.15) is 0 Å². The minimum absolute atomic E-state index is 0.106. The summed E-state index contributed by atoms with van der Waals surface area (Å²) < 4.78 is 11.9. The van der Waals surface area contributed by atoms with Crippen LogP contribution >= 0.6 is 0 Å². The number of carbonyl (C=O) groups excluding carboxylic acids is 2. The van der Waals surface area contributed by atoms with E-state index in [1.54, 1.807) is 32.2 Å². The molecule has 9 heteroatoms. The lowest BCUT2D eigenvalue weighted by atomic mass is 10.1. The lowest BCUT2D eigenvalue weighted by Gasteiger charge is -2.08. The van der Waals surface area contributed by atoms with E-state index in [1.165, 1.54) is 17.0 Å². The van der Waals surface area contributed by atoms with Gasteiger partial charge in [0.2, 0.25) is 5.71 Å². The predicted molar refractivity (Wildman–Crippen MR) is 93.1 cm³/mol. The van der Waals surface area contributed by atoms with Crippen LogP contribution in [0.1, 0.15) is 16.1 Å². The molecular weight excluding hydrogens is 340 g/mol. The summed E-state index contributed by atoms with van der Waals surface area (Å²) in [6.45, 7) is 1.31. The highest BCUT2D eigenvalue weighted by Gasteiger charge is 2.22. The third-order valence-electron chi connectivity index (χ3n) is 3.65. The monoisotopic (exact) mass is 356 g/mol. The molecule has 0 radical (unpaired) electrons. The minimum atomic E-state index is -0.608. The molecule has 2 amide bonds. The summed E-state index contributed by atoms with van der Waals surface area (Å²) in [7, 11) is 1.54. The molecule has 0 saturated carbocycles. The summed E-state index contributed by atoms with van der Waals surface area (Å²) in [6, 6.07) is 6.45. The van der Waals surface area contributed by atoms with Gasteiger partial charge in [0.15, 0.2) is 6.61 Å². The summed E-state index contributed by atoms with van der Waals surface area (Å²) in [5.74, 6) is -0.468. The average Bonchev–Trinajstić information content (AvgIpc) is 2.93. The molecule has 1 aromatic carbocycles. The Morgan fingerprint density at radius 2 is 2.15 bits per heavy atom. The van der Waals surface area contributed by atoms with Crippen LogP contribution in [0.4, 0.5) is 5.69 Å². The zero-order valence-corrected chi connectivity index (χ0v) is 14.1. The summed E-state index contributed by atoms with van der Waals surface area (Å²) in [4.78, 5) is 39.8. The second-order valence-electron chi connectivity index (χ2n) is 5.61. The number of nitrogens with two attached hydrogens (primary N) is 1.